The second kappa shape index (κ2) is 23.3. The lowest BCUT2D eigenvalue weighted by molar-refractivity contribution is 0.0234. The van der Waals surface area contributed by atoms with Gasteiger partial charge in [0.1, 0.15) is 17.6 Å². The maximum Gasteiger partial charge on any atom is 0.250 e. The van der Waals surface area contributed by atoms with Crippen molar-refractivity contribution >= 4 is 17.9 Å². The Morgan fingerprint density at radius 1 is 1.14 bits per heavy atom. The van der Waals surface area contributed by atoms with Gasteiger partial charge in [-0.05, 0) is 80.8 Å². The van der Waals surface area contributed by atoms with Gasteiger partial charge in [0.2, 0.25) is 0 Å². The molecular formula is C40H51ClFN3O5. The van der Waals surface area contributed by atoms with Crippen molar-refractivity contribution in [3.8, 4) is 6.07 Å². The SMILES string of the molecule is C1CCOC1.C=C/C(C#N)=C\C=C(/C)CN(C)C(O)c1c(F)cc(C(O)(CC)c2ccn(C)c(=O)c2)cc1C=O.CCC.Clc1ccccc1. The number of aryl methyl sites for hydroxylation is 1. The molecule has 0 spiro atoms. The van der Waals surface area contributed by atoms with Crippen LogP contribution in [-0.4, -0.2) is 52.8 Å². The average molecular weight is 708 g/mol. The Morgan fingerprint density at radius 3 is 2.20 bits per heavy atom. The Bertz CT molecular complexity index is 1650. The van der Waals surface area contributed by atoms with E-state index in [1.54, 1.807) is 46.2 Å². The van der Waals surface area contributed by atoms with Crippen LogP contribution in [0.5, 0.6) is 0 Å². The smallest absolute Gasteiger partial charge is 0.250 e. The van der Waals surface area contributed by atoms with Crippen molar-refractivity contribution in [2.45, 2.75) is 65.2 Å². The highest BCUT2D eigenvalue weighted by atomic mass is 35.5. The maximum absolute atomic E-state index is 15.3. The summed E-state index contributed by atoms with van der Waals surface area (Å²) in [5.74, 6) is -0.861. The van der Waals surface area contributed by atoms with E-state index in [1.165, 1.54) is 53.1 Å². The predicted molar refractivity (Wildman–Crippen MR) is 199 cm³/mol. The normalized spacial score (nSPS) is 14.4. The zero-order valence-electron chi connectivity index (χ0n) is 30.0. The lowest BCUT2D eigenvalue weighted by atomic mass is 9.83. The average Bonchev–Trinajstić information content (AvgIpc) is 3.70. The summed E-state index contributed by atoms with van der Waals surface area (Å²) in [6, 6.07) is 16.7. The van der Waals surface area contributed by atoms with Crippen molar-refractivity contribution < 1.29 is 24.1 Å². The van der Waals surface area contributed by atoms with Crippen molar-refractivity contribution in [1.82, 2.24) is 9.47 Å². The van der Waals surface area contributed by atoms with Crippen molar-refractivity contribution in [3.05, 3.63) is 140 Å². The summed E-state index contributed by atoms with van der Waals surface area (Å²) < 4.78 is 21.6. The van der Waals surface area contributed by atoms with Gasteiger partial charge in [0.25, 0.3) is 5.56 Å². The molecule has 1 fully saturated rings. The van der Waals surface area contributed by atoms with Gasteiger partial charge < -0.3 is 19.5 Å². The number of nitrogens with zero attached hydrogens (tertiary/aromatic N) is 3. The highest BCUT2D eigenvalue weighted by molar-refractivity contribution is 6.30. The number of aldehydes is 1. The summed E-state index contributed by atoms with van der Waals surface area (Å²) in [5.41, 5.74) is -0.871. The third-order valence-electron chi connectivity index (χ3n) is 7.49. The Balaban J connectivity index is 0.000000679. The molecule has 1 saturated heterocycles. The molecule has 2 N–H and O–H groups in total. The number of pyridine rings is 1. The molecule has 0 aliphatic carbocycles. The third kappa shape index (κ3) is 14.0. The van der Waals surface area contributed by atoms with Gasteiger partial charge in [0.15, 0.2) is 6.29 Å². The van der Waals surface area contributed by atoms with Crippen LogP contribution in [0.1, 0.15) is 86.7 Å². The molecular weight excluding hydrogens is 657 g/mol. The number of aromatic nitrogens is 1. The van der Waals surface area contributed by atoms with Gasteiger partial charge in [-0.1, -0.05) is 81.3 Å². The summed E-state index contributed by atoms with van der Waals surface area (Å²) in [6.07, 6.45) is 9.08. The fourth-order valence-electron chi connectivity index (χ4n) is 4.69. The number of hydrogen-bond donors (Lipinski definition) is 2. The van der Waals surface area contributed by atoms with Crippen LogP contribution in [-0.2, 0) is 17.4 Å². The first-order valence-corrected chi connectivity index (χ1v) is 17.0. The first kappa shape index (κ1) is 43.9. The zero-order valence-corrected chi connectivity index (χ0v) is 30.8. The third-order valence-corrected chi connectivity index (χ3v) is 7.74. The molecule has 0 bridgehead atoms. The van der Waals surface area contributed by atoms with Crippen molar-refractivity contribution in [2.75, 3.05) is 26.8 Å². The summed E-state index contributed by atoms with van der Waals surface area (Å²) >= 11 is 5.54. The van der Waals surface area contributed by atoms with Gasteiger partial charge in [-0.15, -0.1) is 0 Å². The van der Waals surface area contributed by atoms with Crippen LogP contribution >= 0.6 is 11.6 Å². The molecule has 2 atom stereocenters. The Kier molecular flexibility index (Phi) is 20.4. The molecule has 3 aromatic rings. The van der Waals surface area contributed by atoms with Gasteiger partial charge in [-0.25, -0.2) is 4.39 Å². The Hall–Kier alpha value is -4.17. The van der Waals surface area contributed by atoms with Crippen molar-refractivity contribution in [2.24, 2.45) is 7.05 Å². The monoisotopic (exact) mass is 707 g/mol. The number of halogens is 2. The minimum Gasteiger partial charge on any atom is -0.381 e. The summed E-state index contributed by atoms with van der Waals surface area (Å²) in [7, 11) is 3.14. The molecule has 1 aliphatic rings. The number of aliphatic hydroxyl groups excluding tert-OH is 1. The van der Waals surface area contributed by atoms with Crippen LogP contribution in [0.25, 0.3) is 0 Å². The molecule has 50 heavy (non-hydrogen) atoms. The van der Waals surface area contributed by atoms with E-state index in [4.69, 9.17) is 21.6 Å². The van der Waals surface area contributed by atoms with Gasteiger partial charge >= 0.3 is 0 Å². The van der Waals surface area contributed by atoms with Crippen LogP contribution < -0.4 is 5.56 Å². The van der Waals surface area contributed by atoms with Gasteiger partial charge in [-0.2, -0.15) is 5.26 Å². The number of ether oxygens (including phenoxy) is 1. The van der Waals surface area contributed by atoms with Crippen LogP contribution in [0.3, 0.4) is 0 Å². The fraction of sp³-hybridized carbons (Fsp3) is 0.375. The van der Waals surface area contributed by atoms with E-state index in [-0.39, 0.29) is 40.8 Å². The Morgan fingerprint density at radius 2 is 1.76 bits per heavy atom. The molecule has 2 aromatic carbocycles. The number of rotatable bonds is 10. The van der Waals surface area contributed by atoms with Gasteiger partial charge in [0.05, 0.1) is 11.6 Å². The van der Waals surface area contributed by atoms with E-state index < -0.39 is 17.6 Å². The molecule has 8 nitrogen and oxygen atoms in total. The standard InChI is InChI=1S/C27H30FN3O4.C6H5Cl.C4H8O.C3H8/c1-6-19(15-29)9-8-18(3)16-31(5)26(34)25-20(17-32)12-22(13-23(25)28)27(35,7-2)21-10-11-30(4)24(33)14-21;7-6-4-2-1-3-5-6;1-2-4-5-3-1;1-3-2/h6,8-14,17,26,34-35H,1,7,16H2,2-5H3;1-5H;1-4H2;3H2,1-2H3/b18-8+,19-9+;;;. The lowest BCUT2D eigenvalue weighted by Crippen LogP contribution is -2.31. The van der Waals surface area contributed by atoms with E-state index >= 15 is 4.39 Å². The molecule has 0 amide bonds. The number of carbonyl (C=O) groups excluding carboxylic acids is 1. The fourth-order valence-corrected chi connectivity index (χ4v) is 4.83. The number of benzene rings is 2. The summed E-state index contributed by atoms with van der Waals surface area (Å²) in [4.78, 5) is 25.4. The highest BCUT2D eigenvalue weighted by Crippen LogP contribution is 2.35. The maximum atomic E-state index is 15.3. The van der Waals surface area contributed by atoms with Gasteiger partial charge in [0, 0.05) is 55.2 Å². The molecule has 0 radical (unpaired) electrons. The van der Waals surface area contributed by atoms with Crippen LogP contribution in [0, 0.1) is 17.1 Å². The molecule has 270 valence electrons. The topological polar surface area (TPSA) is 116 Å². The highest BCUT2D eigenvalue weighted by Gasteiger charge is 2.33. The van der Waals surface area contributed by atoms with E-state index in [2.05, 4.69) is 20.4 Å². The van der Waals surface area contributed by atoms with E-state index in [0.717, 1.165) is 29.9 Å². The van der Waals surface area contributed by atoms with E-state index in [1.807, 2.05) is 36.4 Å². The molecule has 2 unspecified atom stereocenters. The molecule has 2 heterocycles. The molecule has 4 rings (SSSR count). The van der Waals surface area contributed by atoms with Crippen LogP contribution in [0.2, 0.25) is 5.02 Å². The summed E-state index contributed by atoms with van der Waals surface area (Å²) in [6.45, 7) is 13.5. The van der Waals surface area contributed by atoms with Crippen LogP contribution in [0.4, 0.5) is 4.39 Å². The number of hydrogen-bond acceptors (Lipinski definition) is 7. The number of likely N-dealkylation sites (N-methyl/N-ethyl adjacent to an activating group) is 1. The predicted octanol–water partition coefficient (Wildman–Crippen LogP) is 8.04. The largest absolute Gasteiger partial charge is 0.381 e. The zero-order chi connectivity index (χ0) is 37.7. The minimum atomic E-state index is -1.71. The molecule has 0 saturated carbocycles. The van der Waals surface area contributed by atoms with E-state index in [9.17, 15) is 19.8 Å². The van der Waals surface area contributed by atoms with Gasteiger partial charge in [-0.3, -0.25) is 14.5 Å². The summed E-state index contributed by atoms with van der Waals surface area (Å²) in [5, 5.41) is 32.0. The first-order valence-electron chi connectivity index (χ1n) is 16.6. The number of aliphatic hydroxyl groups is 2. The van der Waals surface area contributed by atoms with E-state index in [0.29, 0.717) is 11.9 Å². The van der Waals surface area contributed by atoms with Crippen LogP contribution in [0.15, 0.2) is 102 Å². The first-order chi connectivity index (χ1) is 23.8. The van der Waals surface area contributed by atoms with Crippen molar-refractivity contribution in [3.63, 3.8) is 0 Å². The quantitative estimate of drug-likeness (QED) is 0.0949. The Labute approximate surface area is 301 Å². The lowest BCUT2D eigenvalue weighted by Gasteiger charge is -2.30. The number of nitriles is 1. The molecule has 1 aromatic heterocycles. The van der Waals surface area contributed by atoms with Crippen molar-refractivity contribution in [1.29, 1.82) is 5.26 Å². The second-order valence-corrected chi connectivity index (χ2v) is 12.2. The number of allylic oxidation sites excluding steroid dienone is 4. The second-order valence-electron chi connectivity index (χ2n) is 11.7. The number of carbonyl (C=O) groups is 1. The minimum absolute atomic E-state index is 0.0983. The molecule has 1 aliphatic heterocycles. The molecule has 10 heteroatoms.